The van der Waals surface area contributed by atoms with Crippen LogP contribution < -0.4 is 0 Å². The van der Waals surface area contributed by atoms with Crippen LogP contribution in [-0.4, -0.2) is 19.1 Å². The van der Waals surface area contributed by atoms with Crippen molar-refractivity contribution in [3.05, 3.63) is 46.7 Å². The SMILES string of the molecule is CC(Cn1ccnc1)n1c(=S)[nH]c2ccc(Cl)cc21. The minimum absolute atomic E-state index is 0.217. The van der Waals surface area contributed by atoms with Crippen LogP contribution in [0.25, 0.3) is 11.0 Å². The van der Waals surface area contributed by atoms with Crippen LogP contribution in [0.4, 0.5) is 0 Å². The molecule has 3 aromatic rings. The Balaban J connectivity index is 2.06. The normalized spacial score (nSPS) is 12.9. The summed E-state index contributed by atoms with van der Waals surface area (Å²) in [7, 11) is 0. The summed E-state index contributed by atoms with van der Waals surface area (Å²) in [6, 6.07) is 5.97. The number of hydrogen-bond donors (Lipinski definition) is 1. The fourth-order valence-corrected chi connectivity index (χ4v) is 2.87. The number of rotatable bonds is 3. The Morgan fingerprint density at radius 1 is 1.47 bits per heavy atom. The molecule has 0 radical (unpaired) electrons. The van der Waals surface area contributed by atoms with Gasteiger partial charge in [0.1, 0.15) is 0 Å². The van der Waals surface area contributed by atoms with Gasteiger partial charge in [-0.15, -0.1) is 0 Å². The first-order chi connectivity index (χ1) is 9.15. The number of nitrogens with zero attached hydrogens (tertiary/aromatic N) is 3. The fourth-order valence-electron chi connectivity index (χ4n) is 2.31. The number of benzene rings is 1. The van der Waals surface area contributed by atoms with E-state index in [4.69, 9.17) is 23.8 Å². The molecule has 2 aromatic heterocycles. The zero-order valence-electron chi connectivity index (χ0n) is 10.4. The first-order valence-corrected chi connectivity index (χ1v) is 6.79. The lowest BCUT2D eigenvalue weighted by Gasteiger charge is -2.15. The van der Waals surface area contributed by atoms with Gasteiger partial charge in [0.25, 0.3) is 0 Å². The van der Waals surface area contributed by atoms with Crippen molar-refractivity contribution in [2.75, 3.05) is 0 Å². The van der Waals surface area contributed by atoms with E-state index in [0.717, 1.165) is 17.6 Å². The smallest absolute Gasteiger partial charge is 0.178 e. The summed E-state index contributed by atoms with van der Waals surface area (Å²) < 4.78 is 4.84. The molecule has 98 valence electrons. The molecule has 6 heteroatoms. The van der Waals surface area contributed by atoms with Crippen molar-refractivity contribution >= 4 is 34.9 Å². The Labute approximate surface area is 120 Å². The van der Waals surface area contributed by atoms with Crippen LogP contribution in [0.3, 0.4) is 0 Å². The van der Waals surface area contributed by atoms with Gasteiger partial charge < -0.3 is 14.1 Å². The summed E-state index contributed by atoms with van der Waals surface area (Å²) in [5.74, 6) is 0. The molecule has 19 heavy (non-hydrogen) atoms. The summed E-state index contributed by atoms with van der Waals surface area (Å²) in [4.78, 5) is 7.26. The molecule has 0 saturated heterocycles. The molecule has 0 aliphatic rings. The number of imidazole rings is 2. The van der Waals surface area contributed by atoms with Crippen molar-refractivity contribution < 1.29 is 0 Å². The lowest BCUT2D eigenvalue weighted by atomic mass is 10.2. The van der Waals surface area contributed by atoms with E-state index < -0.39 is 0 Å². The molecule has 2 heterocycles. The molecule has 0 fully saturated rings. The van der Waals surface area contributed by atoms with E-state index in [9.17, 15) is 0 Å². The monoisotopic (exact) mass is 292 g/mol. The van der Waals surface area contributed by atoms with Gasteiger partial charge in [-0.1, -0.05) is 11.6 Å². The van der Waals surface area contributed by atoms with E-state index >= 15 is 0 Å². The molecule has 0 aliphatic heterocycles. The molecular formula is C13H13ClN4S. The molecule has 0 amide bonds. The van der Waals surface area contributed by atoms with Gasteiger partial charge in [0.05, 0.1) is 23.4 Å². The fraction of sp³-hybridized carbons (Fsp3) is 0.231. The largest absolute Gasteiger partial charge is 0.335 e. The third-order valence-electron chi connectivity index (χ3n) is 3.15. The average molecular weight is 293 g/mol. The van der Waals surface area contributed by atoms with E-state index in [2.05, 4.69) is 21.5 Å². The molecular weight excluding hydrogens is 280 g/mol. The Hall–Kier alpha value is -1.59. The van der Waals surface area contributed by atoms with Crippen LogP contribution >= 0.6 is 23.8 Å². The van der Waals surface area contributed by atoms with Gasteiger partial charge >= 0.3 is 0 Å². The molecule has 1 aromatic carbocycles. The van der Waals surface area contributed by atoms with Crippen LogP contribution in [0.1, 0.15) is 13.0 Å². The van der Waals surface area contributed by atoms with E-state index in [1.165, 1.54) is 0 Å². The second kappa shape index (κ2) is 4.83. The topological polar surface area (TPSA) is 38.5 Å². The Morgan fingerprint density at radius 2 is 2.32 bits per heavy atom. The summed E-state index contributed by atoms with van der Waals surface area (Å²) in [5, 5.41) is 0.713. The van der Waals surface area contributed by atoms with Crippen LogP contribution in [-0.2, 0) is 6.54 Å². The van der Waals surface area contributed by atoms with Crippen molar-refractivity contribution in [3.8, 4) is 0 Å². The van der Waals surface area contributed by atoms with Crippen molar-refractivity contribution in [3.63, 3.8) is 0 Å². The van der Waals surface area contributed by atoms with E-state index in [-0.39, 0.29) is 6.04 Å². The zero-order chi connectivity index (χ0) is 13.4. The number of aromatic nitrogens is 4. The molecule has 1 N–H and O–H groups in total. The van der Waals surface area contributed by atoms with E-state index in [1.54, 1.807) is 6.20 Å². The standard InChI is InChI=1S/C13H13ClN4S/c1-9(7-17-5-4-15-8-17)18-12-6-10(14)2-3-11(12)16-13(18)19/h2-6,8-9H,7H2,1H3,(H,16,19). The molecule has 3 rings (SSSR count). The van der Waals surface area contributed by atoms with E-state index in [0.29, 0.717) is 9.79 Å². The van der Waals surface area contributed by atoms with Gasteiger partial charge in [-0.2, -0.15) is 0 Å². The third kappa shape index (κ3) is 2.31. The van der Waals surface area contributed by atoms with Gasteiger partial charge in [-0.25, -0.2) is 4.98 Å². The number of aromatic amines is 1. The quantitative estimate of drug-likeness (QED) is 0.746. The number of fused-ring (bicyclic) bond motifs is 1. The van der Waals surface area contributed by atoms with Crippen LogP contribution in [0.2, 0.25) is 5.02 Å². The highest BCUT2D eigenvalue weighted by Gasteiger charge is 2.12. The first kappa shape index (κ1) is 12.4. The highest BCUT2D eigenvalue weighted by molar-refractivity contribution is 7.71. The molecule has 0 spiro atoms. The predicted octanol–water partition coefficient (Wildman–Crippen LogP) is 3.81. The molecule has 0 aliphatic carbocycles. The van der Waals surface area contributed by atoms with Gasteiger partial charge in [-0.3, -0.25) is 0 Å². The summed E-state index contributed by atoms with van der Waals surface area (Å²) >= 11 is 11.5. The second-order valence-corrected chi connectivity index (χ2v) is 5.39. The van der Waals surface area contributed by atoms with Gasteiger partial charge in [0.15, 0.2) is 4.77 Å². The van der Waals surface area contributed by atoms with Gasteiger partial charge in [0, 0.05) is 24.0 Å². The summed E-state index contributed by atoms with van der Waals surface area (Å²) in [5.41, 5.74) is 2.04. The third-order valence-corrected chi connectivity index (χ3v) is 3.69. The van der Waals surface area contributed by atoms with Crippen molar-refractivity contribution in [2.24, 2.45) is 0 Å². The maximum Gasteiger partial charge on any atom is 0.178 e. The average Bonchev–Trinajstić information content (AvgIpc) is 2.95. The minimum Gasteiger partial charge on any atom is -0.335 e. The van der Waals surface area contributed by atoms with E-state index in [1.807, 2.05) is 35.3 Å². The lowest BCUT2D eigenvalue weighted by molar-refractivity contribution is 0.470. The first-order valence-electron chi connectivity index (χ1n) is 6.00. The van der Waals surface area contributed by atoms with Crippen LogP contribution in [0, 0.1) is 4.77 Å². The Bertz CT molecular complexity index is 757. The van der Waals surface area contributed by atoms with Crippen molar-refractivity contribution in [1.82, 2.24) is 19.1 Å². The summed E-state index contributed by atoms with van der Waals surface area (Å²) in [6.07, 6.45) is 5.53. The maximum atomic E-state index is 6.07. The van der Waals surface area contributed by atoms with Crippen molar-refractivity contribution in [2.45, 2.75) is 19.5 Å². The number of hydrogen-bond acceptors (Lipinski definition) is 2. The highest BCUT2D eigenvalue weighted by Crippen LogP contribution is 2.23. The molecule has 0 bridgehead atoms. The predicted molar refractivity (Wildman–Crippen MR) is 79.1 cm³/mol. The molecule has 1 unspecified atom stereocenters. The zero-order valence-corrected chi connectivity index (χ0v) is 11.9. The van der Waals surface area contributed by atoms with Gasteiger partial charge in [0.2, 0.25) is 0 Å². The Morgan fingerprint density at radius 3 is 3.05 bits per heavy atom. The number of H-pyrrole nitrogens is 1. The maximum absolute atomic E-state index is 6.07. The Kier molecular flexibility index (Phi) is 3.16. The molecule has 4 nitrogen and oxygen atoms in total. The number of nitrogens with one attached hydrogen (secondary N) is 1. The molecule has 1 atom stereocenters. The van der Waals surface area contributed by atoms with Gasteiger partial charge in [-0.05, 0) is 37.3 Å². The van der Waals surface area contributed by atoms with Crippen LogP contribution in [0.5, 0.6) is 0 Å². The summed E-state index contributed by atoms with van der Waals surface area (Å²) in [6.45, 7) is 2.94. The second-order valence-electron chi connectivity index (χ2n) is 4.57. The lowest BCUT2D eigenvalue weighted by Crippen LogP contribution is -2.12. The van der Waals surface area contributed by atoms with Crippen LogP contribution in [0.15, 0.2) is 36.9 Å². The molecule has 0 saturated carbocycles. The number of halogens is 1. The highest BCUT2D eigenvalue weighted by atomic mass is 35.5. The van der Waals surface area contributed by atoms with Crippen molar-refractivity contribution in [1.29, 1.82) is 0 Å². The minimum atomic E-state index is 0.217.